The fraction of sp³-hybridized carbons (Fsp3) is 0.250. The first-order valence-corrected chi connectivity index (χ1v) is 8.10. The highest BCUT2D eigenvalue weighted by Gasteiger charge is 2.20. The smallest absolute Gasteiger partial charge is 0.121 e. The van der Waals surface area contributed by atoms with Gasteiger partial charge in [-0.05, 0) is 49.2 Å². The minimum absolute atomic E-state index is 0.0796. The van der Waals surface area contributed by atoms with E-state index in [1.807, 2.05) is 35.9 Å². The van der Waals surface area contributed by atoms with Gasteiger partial charge < -0.3 is 10.5 Å². The van der Waals surface area contributed by atoms with E-state index < -0.39 is 0 Å². The summed E-state index contributed by atoms with van der Waals surface area (Å²) in [4.78, 5) is 0. The van der Waals surface area contributed by atoms with Crippen molar-refractivity contribution < 1.29 is 4.74 Å². The normalized spacial score (nSPS) is 12.2. The predicted molar refractivity (Wildman–Crippen MR) is 96.9 cm³/mol. The number of ether oxygens (including phenoxy) is 1. The van der Waals surface area contributed by atoms with Crippen molar-refractivity contribution in [1.82, 2.24) is 9.78 Å². The van der Waals surface area contributed by atoms with E-state index in [2.05, 4.69) is 42.4 Å². The second-order valence-corrected chi connectivity index (χ2v) is 5.98. The lowest BCUT2D eigenvalue weighted by Gasteiger charge is -2.18. The average Bonchev–Trinajstić information content (AvgIpc) is 2.98. The highest BCUT2D eigenvalue weighted by atomic mass is 16.5. The number of hydrogen-bond donors (Lipinski definition) is 1. The summed E-state index contributed by atoms with van der Waals surface area (Å²) in [6.45, 7) is 4.58. The molecular formula is C20H23N3O. The van der Waals surface area contributed by atoms with Crippen LogP contribution < -0.4 is 10.5 Å². The van der Waals surface area contributed by atoms with Crippen LogP contribution in [0.3, 0.4) is 0 Å². The molecule has 24 heavy (non-hydrogen) atoms. The molecule has 3 rings (SSSR count). The molecule has 0 aliphatic heterocycles. The number of benzene rings is 2. The molecular weight excluding hydrogens is 298 g/mol. The molecule has 2 aromatic carbocycles. The monoisotopic (exact) mass is 321 g/mol. The van der Waals surface area contributed by atoms with Gasteiger partial charge in [0.2, 0.25) is 0 Å². The summed E-state index contributed by atoms with van der Waals surface area (Å²) in [6, 6.07) is 18.5. The molecule has 4 nitrogen and oxygen atoms in total. The molecule has 3 aromatic rings. The largest absolute Gasteiger partial charge is 0.496 e. The van der Waals surface area contributed by atoms with Gasteiger partial charge in [-0.3, -0.25) is 0 Å². The second-order valence-electron chi connectivity index (χ2n) is 5.98. The van der Waals surface area contributed by atoms with E-state index >= 15 is 0 Å². The predicted octanol–water partition coefficient (Wildman–Crippen LogP) is 3.59. The van der Waals surface area contributed by atoms with Crippen LogP contribution in [-0.2, 0) is 0 Å². The summed E-state index contributed by atoms with van der Waals surface area (Å²) in [5, 5.41) is 4.67. The number of methoxy groups -OCH3 is 1. The first-order valence-electron chi connectivity index (χ1n) is 8.10. The Kier molecular flexibility index (Phi) is 4.67. The van der Waals surface area contributed by atoms with Crippen molar-refractivity contribution in [3.8, 4) is 11.4 Å². The Bertz CT molecular complexity index is 824. The third-order valence-corrected chi connectivity index (χ3v) is 4.27. The summed E-state index contributed by atoms with van der Waals surface area (Å²) >= 11 is 0. The summed E-state index contributed by atoms with van der Waals surface area (Å²) in [6.07, 6.45) is 0. The number of nitrogens with two attached hydrogens (primary N) is 1. The number of nitrogens with zero attached hydrogens (tertiary/aromatic N) is 2. The van der Waals surface area contributed by atoms with E-state index in [9.17, 15) is 0 Å². The number of para-hydroxylation sites is 1. The van der Waals surface area contributed by atoms with Gasteiger partial charge in [0.05, 0.1) is 24.2 Å². The highest BCUT2D eigenvalue weighted by Crippen LogP contribution is 2.29. The van der Waals surface area contributed by atoms with Crippen LogP contribution in [0.1, 0.15) is 28.4 Å². The molecule has 2 N–H and O–H groups in total. The summed E-state index contributed by atoms with van der Waals surface area (Å²) in [5.74, 6) is 0.971. The molecule has 0 saturated carbocycles. The van der Waals surface area contributed by atoms with Crippen molar-refractivity contribution >= 4 is 0 Å². The Labute approximate surface area is 142 Å². The van der Waals surface area contributed by atoms with Gasteiger partial charge in [-0.25, -0.2) is 4.68 Å². The highest BCUT2D eigenvalue weighted by molar-refractivity contribution is 5.42. The minimum Gasteiger partial charge on any atom is -0.496 e. The third-order valence-electron chi connectivity index (χ3n) is 4.27. The zero-order chi connectivity index (χ0) is 17.1. The Balaban J connectivity index is 2.08. The van der Waals surface area contributed by atoms with E-state index in [1.54, 1.807) is 7.11 Å². The number of hydrogen-bond acceptors (Lipinski definition) is 3. The van der Waals surface area contributed by atoms with Gasteiger partial charge in [0.15, 0.2) is 0 Å². The van der Waals surface area contributed by atoms with Gasteiger partial charge in [-0.15, -0.1) is 0 Å². The Morgan fingerprint density at radius 2 is 1.83 bits per heavy atom. The second kappa shape index (κ2) is 6.89. The maximum atomic E-state index is 6.14. The van der Waals surface area contributed by atoms with Gasteiger partial charge in [0, 0.05) is 12.5 Å². The van der Waals surface area contributed by atoms with E-state index in [1.165, 1.54) is 5.56 Å². The topological polar surface area (TPSA) is 53.1 Å². The Morgan fingerprint density at radius 3 is 2.46 bits per heavy atom. The number of aromatic nitrogens is 2. The molecule has 0 bridgehead atoms. The van der Waals surface area contributed by atoms with Crippen LogP contribution in [0.15, 0.2) is 54.6 Å². The quantitative estimate of drug-likeness (QED) is 0.781. The molecule has 0 amide bonds. The van der Waals surface area contributed by atoms with E-state index in [0.29, 0.717) is 6.54 Å². The lowest BCUT2D eigenvalue weighted by Crippen LogP contribution is -2.18. The van der Waals surface area contributed by atoms with Crippen LogP contribution >= 0.6 is 0 Å². The van der Waals surface area contributed by atoms with Crippen LogP contribution in [0.4, 0.5) is 0 Å². The molecule has 0 fully saturated rings. The number of rotatable bonds is 5. The molecule has 4 heteroatoms. The zero-order valence-corrected chi connectivity index (χ0v) is 14.4. The molecule has 0 spiro atoms. The van der Waals surface area contributed by atoms with E-state index in [-0.39, 0.29) is 5.92 Å². The molecule has 0 saturated heterocycles. The Morgan fingerprint density at radius 1 is 1.08 bits per heavy atom. The van der Waals surface area contributed by atoms with Crippen LogP contribution in [-0.4, -0.2) is 23.4 Å². The fourth-order valence-electron chi connectivity index (χ4n) is 3.09. The summed E-state index contributed by atoms with van der Waals surface area (Å²) in [7, 11) is 1.69. The molecule has 1 atom stereocenters. The lowest BCUT2D eigenvalue weighted by atomic mass is 9.93. The van der Waals surface area contributed by atoms with Gasteiger partial charge >= 0.3 is 0 Å². The summed E-state index contributed by atoms with van der Waals surface area (Å²) in [5.41, 5.74) is 11.6. The van der Waals surface area contributed by atoms with E-state index in [4.69, 9.17) is 10.5 Å². The molecule has 124 valence electrons. The van der Waals surface area contributed by atoms with Crippen LogP contribution in [0, 0.1) is 13.8 Å². The van der Waals surface area contributed by atoms with Gasteiger partial charge in [0.25, 0.3) is 0 Å². The average molecular weight is 321 g/mol. The standard InChI is InChI=1S/C20H23N3O/c1-14-11-16(9-10-20(14)24-3)18(13-21)19-12-15(2)22-23(19)17-7-5-4-6-8-17/h4-12,18H,13,21H2,1-3H3. The van der Waals surface area contributed by atoms with E-state index in [0.717, 1.165) is 28.4 Å². The molecule has 0 radical (unpaired) electrons. The summed E-state index contributed by atoms with van der Waals surface area (Å²) < 4.78 is 7.36. The molecule has 1 heterocycles. The lowest BCUT2D eigenvalue weighted by molar-refractivity contribution is 0.411. The van der Waals surface area contributed by atoms with Crippen molar-refractivity contribution in [1.29, 1.82) is 0 Å². The maximum Gasteiger partial charge on any atom is 0.121 e. The van der Waals surface area contributed by atoms with Gasteiger partial charge in [-0.1, -0.05) is 30.3 Å². The number of aryl methyl sites for hydroxylation is 2. The fourth-order valence-corrected chi connectivity index (χ4v) is 3.09. The maximum absolute atomic E-state index is 6.14. The van der Waals surface area contributed by atoms with Crippen molar-refractivity contribution in [2.45, 2.75) is 19.8 Å². The first-order chi connectivity index (χ1) is 11.6. The van der Waals surface area contributed by atoms with Crippen LogP contribution in [0.25, 0.3) is 5.69 Å². The van der Waals surface area contributed by atoms with Crippen molar-refractivity contribution in [2.24, 2.45) is 5.73 Å². The minimum atomic E-state index is 0.0796. The first kappa shape index (κ1) is 16.3. The molecule has 1 unspecified atom stereocenters. The Hall–Kier alpha value is -2.59. The molecule has 1 aromatic heterocycles. The SMILES string of the molecule is COc1ccc(C(CN)c2cc(C)nn2-c2ccccc2)cc1C. The van der Waals surface area contributed by atoms with Crippen molar-refractivity contribution in [2.75, 3.05) is 13.7 Å². The zero-order valence-electron chi connectivity index (χ0n) is 14.4. The molecule has 0 aliphatic carbocycles. The van der Waals surface area contributed by atoms with Crippen LogP contribution in [0.2, 0.25) is 0 Å². The van der Waals surface area contributed by atoms with Crippen LogP contribution in [0.5, 0.6) is 5.75 Å². The molecule has 0 aliphatic rings. The third kappa shape index (κ3) is 3.05. The van der Waals surface area contributed by atoms with Gasteiger partial charge in [-0.2, -0.15) is 5.10 Å². The van der Waals surface area contributed by atoms with Crippen molar-refractivity contribution in [3.63, 3.8) is 0 Å². The van der Waals surface area contributed by atoms with Gasteiger partial charge in [0.1, 0.15) is 5.75 Å². The van der Waals surface area contributed by atoms with Crippen molar-refractivity contribution in [3.05, 3.63) is 77.1 Å².